The number of rotatable bonds is 7. The molecule has 0 aliphatic heterocycles. The monoisotopic (exact) mass is 316 g/mol. The number of thiazole rings is 1. The Morgan fingerprint density at radius 1 is 1.36 bits per heavy atom. The molecule has 0 atom stereocenters. The average Bonchev–Trinajstić information content (AvgIpc) is 3.03. The van der Waals surface area contributed by atoms with E-state index in [0.29, 0.717) is 13.1 Å². The first-order valence-corrected chi connectivity index (χ1v) is 7.98. The van der Waals surface area contributed by atoms with Gasteiger partial charge in [0.1, 0.15) is 0 Å². The lowest BCUT2D eigenvalue weighted by Crippen LogP contribution is -2.35. The summed E-state index contributed by atoms with van der Waals surface area (Å²) in [5, 5.41) is 1.91. The van der Waals surface area contributed by atoms with Crippen molar-refractivity contribution in [3.63, 3.8) is 0 Å². The minimum absolute atomic E-state index is 0.0151. The number of likely N-dealkylation sites (N-methyl/N-ethyl adjacent to an activating group) is 1. The van der Waals surface area contributed by atoms with Gasteiger partial charge in [0.2, 0.25) is 5.91 Å². The fourth-order valence-electron chi connectivity index (χ4n) is 1.87. The summed E-state index contributed by atoms with van der Waals surface area (Å²) in [5.74, 6) is -0.0151. The molecule has 2 aromatic rings. The van der Waals surface area contributed by atoms with E-state index in [4.69, 9.17) is 0 Å². The molecule has 1 amide bonds. The van der Waals surface area contributed by atoms with Crippen molar-refractivity contribution < 1.29 is 4.79 Å². The molecule has 0 N–H and O–H groups in total. The molecule has 0 spiro atoms. The van der Waals surface area contributed by atoms with Gasteiger partial charge in [-0.25, -0.2) is 4.98 Å². The van der Waals surface area contributed by atoms with E-state index in [2.05, 4.69) is 14.9 Å². The Kier molecular flexibility index (Phi) is 6.24. The Bertz CT molecular complexity index is 596. The Morgan fingerprint density at radius 2 is 2.23 bits per heavy atom. The van der Waals surface area contributed by atoms with Crippen molar-refractivity contribution in [2.24, 2.45) is 0 Å². The Hall–Kier alpha value is -2.05. The van der Waals surface area contributed by atoms with Gasteiger partial charge in [-0.1, -0.05) is 6.07 Å². The van der Waals surface area contributed by atoms with Gasteiger partial charge in [-0.2, -0.15) is 0 Å². The first-order valence-electron chi connectivity index (χ1n) is 7.04. The van der Waals surface area contributed by atoms with Crippen molar-refractivity contribution in [3.8, 4) is 0 Å². The highest BCUT2D eigenvalue weighted by Gasteiger charge is 2.12. The van der Waals surface area contributed by atoms with Crippen LogP contribution in [0.15, 0.2) is 41.5 Å². The number of nitrogens with zero attached hydrogens (tertiary/aromatic N) is 4. The molecule has 116 valence electrons. The maximum absolute atomic E-state index is 12.4. The van der Waals surface area contributed by atoms with E-state index >= 15 is 0 Å². The standard InChI is InChI=1S/C16H20N4OS/c1-19(2)8-9-20(11-14-4-3-7-17-10-14)16(21)6-5-15-12-22-13-18-15/h3-7,10,12-13H,8-9,11H2,1-2H3. The molecule has 5 nitrogen and oxygen atoms in total. The van der Waals surface area contributed by atoms with E-state index in [1.165, 1.54) is 11.3 Å². The van der Waals surface area contributed by atoms with Crippen LogP contribution in [-0.2, 0) is 11.3 Å². The Morgan fingerprint density at radius 3 is 2.86 bits per heavy atom. The molecule has 2 heterocycles. The van der Waals surface area contributed by atoms with Gasteiger partial charge in [0.15, 0.2) is 0 Å². The van der Waals surface area contributed by atoms with Crippen LogP contribution in [0.5, 0.6) is 0 Å². The second kappa shape index (κ2) is 8.41. The van der Waals surface area contributed by atoms with Gasteiger partial charge < -0.3 is 9.80 Å². The number of amides is 1. The van der Waals surface area contributed by atoms with Crippen molar-refractivity contribution in [1.82, 2.24) is 19.8 Å². The zero-order valence-electron chi connectivity index (χ0n) is 12.8. The number of carbonyl (C=O) groups excluding carboxylic acids is 1. The molecule has 0 saturated carbocycles. The predicted molar refractivity (Wildman–Crippen MR) is 89.4 cm³/mol. The summed E-state index contributed by atoms with van der Waals surface area (Å²) in [6.45, 7) is 2.04. The fraction of sp³-hybridized carbons (Fsp3) is 0.312. The van der Waals surface area contributed by atoms with Crippen LogP contribution in [0.25, 0.3) is 6.08 Å². The molecular formula is C16H20N4OS. The van der Waals surface area contributed by atoms with Gasteiger partial charge >= 0.3 is 0 Å². The SMILES string of the molecule is CN(C)CCN(Cc1cccnc1)C(=O)C=Cc1cscn1. The molecular weight excluding hydrogens is 296 g/mol. The van der Waals surface area contributed by atoms with Crippen molar-refractivity contribution in [3.05, 3.63) is 52.8 Å². The lowest BCUT2D eigenvalue weighted by molar-refractivity contribution is -0.126. The average molecular weight is 316 g/mol. The second-order valence-corrected chi connectivity index (χ2v) is 5.89. The van der Waals surface area contributed by atoms with Gasteiger partial charge in [-0.05, 0) is 31.8 Å². The summed E-state index contributed by atoms with van der Waals surface area (Å²) >= 11 is 1.51. The highest BCUT2D eigenvalue weighted by molar-refractivity contribution is 7.07. The van der Waals surface area contributed by atoms with E-state index in [1.807, 2.05) is 36.5 Å². The van der Waals surface area contributed by atoms with Crippen LogP contribution in [0.2, 0.25) is 0 Å². The molecule has 0 saturated heterocycles. The van der Waals surface area contributed by atoms with Crippen molar-refractivity contribution in [1.29, 1.82) is 0 Å². The van der Waals surface area contributed by atoms with Gasteiger partial charge in [0, 0.05) is 43.5 Å². The molecule has 0 fully saturated rings. The van der Waals surface area contributed by atoms with Crippen LogP contribution in [0.3, 0.4) is 0 Å². The maximum Gasteiger partial charge on any atom is 0.246 e. The number of hydrogen-bond acceptors (Lipinski definition) is 5. The summed E-state index contributed by atoms with van der Waals surface area (Å²) in [7, 11) is 4.00. The molecule has 2 rings (SSSR count). The highest BCUT2D eigenvalue weighted by Crippen LogP contribution is 2.07. The number of pyridine rings is 1. The van der Waals surface area contributed by atoms with Crippen LogP contribution in [0, 0.1) is 0 Å². The molecule has 0 aliphatic carbocycles. The van der Waals surface area contributed by atoms with Crippen LogP contribution in [0.4, 0.5) is 0 Å². The van der Waals surface area contributed by atoms with E-state index in [-0.39, 0.29) is 5.91 Å². The van der Waals surface area contributed by atoms with Gasteiger partial charge in [0.05, 0.1) is 11.2 Å². The molecule has 22 heavy (non-hydrogen) atoms. The number of carbonyl (C=O) groups is 1. The zero-order chi connectivity index (χ0) is 15.8. The van der Waals surface area contributed by atoms with Gasteiger partial charge in [-0.15, -0.1) is 11.3 Å². The van der Waals surface area contributed by atoms with E-state index in [0.717, 1.165) is 17.8 Å². The third kappa shape index (κ3) is 5.38. The lowest BCUT2D eigenvalue weighted by atomic mass is 10.2. The van der Waals surface area contributed by atoms with E-state index in [9.17, 15) is 4.79 Å². The van der Waals surface area contributed by atoms with Crippen molar-refractivity contribution in [2.45, 2.75) is 6.54 Å². The van der Waals surface area contributed by atoms with E-state index < -0.39 is 0 Å². The third-order valence-corrected chi connectivity index (χ3v) is 3.68. The molecule has 2 aromatic heterocycles. The van der Waals surface area contributed by atoms with Gasteiger partial charge in [0.25, 0.3) is 0 Å². The summed E-state index contributed by atoms with van der Waals surface area (Å²) in [6, 6.07) is 3.86. The topological polar surface area (TPSA) is 49.3 Å². The summed E-state index contributed by atoms with van der Waals surface area (Å²) in [4.78, 5) is 24.6. The lowest BCUT2D eigenvalue weighted by Gasteiger charge is -2.23. The van der Waals surface area contributed by atoms with Crippen molar-refractivity contribution in [2.75, 3.05) is 27.2 Å². The molecule has 0 radical (unpaired) electrons. The van der Waals surface area contributed by atoms with Gasteiger partial charge in [-0.3, -0.25) is 9.78 Å². The largest absolute Gasteiger partial charge is 0.333 e. The normalized spacial score (nSPS) is 11.2. The fourth-order valence-corrected chi connectivity index (χ4v) is 2.39. The van der Waals surface area contributed by atoms with Crippen molar-refractivity contribution >= 4 is 23.3 Å². The molecule has 0 bridgehead atoms. The third-order valence-electron chi connectivity index (χ3n) is 3.07. The summed E-state index contributed by atoms with van der Waals surface area (Å²) < 4.78 is 0. The van der Waals surface area contributed by atoms with E-state index in [1.54, 1.807) is 30.1 Å². The highest BCUT2D eigenvalue weighted by atomic mass is 32.1. The number of hydrogen-bond donors (Lipinski definition) is 0. The smallest absolute Gasteiger partial charge is 0.246 e. The molecule has 0 aromatic carbocycles. The van der Waals surface area contributed by atoms with Crippen LogP contribution in [0.1, 0.15) is 11.3 Å². The van der Waals surface area contributed by atoms with Crippen LogP contribution >= 0.6 is 11.3 Å². The maximum atomic E-state index is 12.4. The quantitative estimate of drug-likeness (QED) is 0.734. The first-order chi connectivity index (χ1) is 10.6. The Balaban J connectivity index is 2.04. The molecule has 6 heteroatoms. The van der Waals surface area contributed by atoms with Crippen LogP contribution < -0.4 is 0 Å². The predicted octanol–water partition coefficient (Wildman–Crippen LogP) is 2.14. The first kappa shape index (κ1) is 16.3. The minimum atomic E-state index is -0.0151. The molecule has 0 aliphatic rings. The minimum Gasteiger partial charge on any atom is -0.333 e. The zero-order valence-corrected chi connectivity index (χ0v) is 13.7. The number of aromatic nitrogens is 2. The summed E-state index contributed by atoms with van der Waals surface area (Å²) in [5.41, 5.74) is 3.59. The van der Waals surface area contributed by atoms with Crippen LogP contribution in [-0.4, -0.2) is 52.9 Å². The molecule has 0 unspecified atom stereocenters. The Labute approximate surface area is 134 Å². The second-order valence-electron chi connectivity index (χ2n) is 5.17. The summed E-state index contributed by atoms with van der Waals surface area (Å²) in [6.07, 6.45) is 6.86.